The Labute approximate surface area is 109 Å². The van der Waals surface area contributed by atoms with Gasteiger partial charge in [0.15, 0.2) is 0 Å². The van der Waals surface area contributed by atoms with Gasteiger partial charge in [0.1, 0.15) is 12.2 Å². The summed E-state index contributed by atoms with van der Waals surface area (Å²) in [6.45, 7) is 4.47. The zero-order chi connectivity index (χ0) is 12.4. The topological polar surface area (TPSA) is 42.7 Å². The molecule has 18 heavy (non-hydrogen) atoms. The maximum Gasteiger partial charge on any atom is 0.140 e. The third-order valence-corrected chi connectivity index (χ3v) is 4.74. The molecule has 1 aromatic rings. The lowest BCUT2D eigenvalue weighted by Crippen LogP contribution is -2.33. The molecule has 3 rings (SSSR count). The van der Waals surface area contributed by atoms with Gasteiger partial charge in [0.25, 0.3) is 0 Å². The van der Waals surface area contributed by atoms with Crippen LogP contribution in [0.1, 0.15) is 63.7 Å². The van der Waals surface area contributed by atoms with Gasteiger partial charge >= 0.3 is 0 Å². The molecule has 4 heteroatoms. The van der Waals surface area contributed by atoms with Crippen molar-refractivity contribution in [2.24, 2.45) is 0 Å². The van der Waals surface area contributed by atoms with Crippen LogP contribution in [0, 0.1) is 0 Å². The van der Waals surface area contributed by atoms with Gasteiger partial charge in [0, 0.05) is 18.0 Å². The molecule has 1 unspecified atom stereocenters. The first-order valence-electron chi connectivity index (χ1n) is 7.46. The van der Waals surface area contributed by atoms with E-state index >= 15 is 0 Å². The van der Waals surface area contributed by atoms with Gasteiger partial charge in [-0.05, 0) is 32.2 Å². The van der Waals surface area contributed by atoms with E-state index < -0.39 is 0 Å². The van der Waals surface area contributed by atoms with Crippen molar-refractivity contribution in [3.05, 3.63) is 12.2 Å². The molecule has 1 saturated heterocycles. The highest BCUT2D eigenvalue weighted by molar-refractivity contribution is 5.13. The monoisotopic (exact) mass is 248 g/mol. The summed E-state index contributed by atoms with van der Waals surface area (Å²) in [5.74, 6) is 1.25. The SMILES string of the molecule is CCCC1(c2nncn2C2CCCC2)CCNC1. The van der Waals surface area contributed by atoms with Gasteiger partial charge in [0.2, 0.25) is 0 Å². The Balaban J connectivity index is 1.92. The molecule has 1 aromatic heterocycles. The predicted octanol–water partition coefficient (Wildman–Crippen LogP) is 2.42. The maximum absolute atomic E-state index is 4.51. The Morgan fingerprint density at radius 1 is 1.44 bits per heavy atom. The summed E-state index contributed by atoms with van der Waals surface area (Å²) in [4.78, 5) is 0. The van der Waals surface area contributed by atoms with Crippen LogP contribution in [0.25, 0.3) is 0 Å². The summed E-state index contributed by atoms with van der Waals surface area (Å²) in [5.41, 5.74) is 0.244. The van der Waals surface area contributed by atoms with Crippen molar-refractivity contribution in [1.82, 2.24) is 20.1 Å². The summed E-state index contributed by atoms with van der Waals surface area (Å²) in [5, 5.41) is 12.3. The Bertz CT molecular complexity index is 386. The average molecular weight is 248 g/mol. The van der Waals surface area contributed by atoms with Crippen molar-refractivity contribution in [1.29, 1.82) is 0 Å². The predicted molar refractivity (Wildman–Crippen MR) is 71.6 cm³/mol. The number of nitrogens with zero attached hydrogens (tertiary/aromatic N) is 3. The number of rotatable bonds is 4. The third-order valence-electron chi connectivity index (χ3n) is 4.74. The van der Waals surface area contributed by atoms with Crippen LogP contribution >= 0.6 is 0 Å². The van der Waals surface area contributed by atoms with E-state index in [2.05, 4.69) is 27.0 Å². The van der Waals surface area contributed by atoms with Gasteiger partial charge in [-0.15, -0.1) is 10.2 Å². The maximum atomic E-state index is 4.51. The van der Waals surface area contributed by atoms with E-state index in [1.807, 2.05) is 6.33 Å². The van der Waals surface area contributed by atoms with Crippen molar-refractivity contribution in [2.45, 2.75) is 63.3 Å². The fourth-order valence-electron chi connectivity index (χ4n) is 3.81. The minimum atomic E-state index is 0.244. The fraction of sp³-hybridized carbons (Fsp3) is 0.857. The number of hydrogen-bond donors (Lipinski definition) is 1. The summed E-state index contributed by atoms with van der Waals surface area (Å²) in [6, 6.07) is 0.657. The molecule has 0 bridgehead atoms. The average Bonchev–Trinajstić information content (AvgIpc) is 3.11. The normalized spacial score (nSPS) is 29.2. The second-order valence-electron chi connectivity index (χ2n) is 5.96. The van der Waals surface area contributed by atoms with E-state index in [0.29, 0.717) is 6.04 Å². The van der Waals surface area contributed by atoms with E-state index in [1.165, 1.54) is 50.8 Å². The van der Waals surface area contributed by atoms with E-state index in [1.54, 1.807) is 0 Å². The van der Waals surface area contributed by atoms with Gasteiger partial charge in [-0.1, -0.05) is 26.2 Å². The smallest absolute Gasteiger partial charge is 0.140 e. The second kappa shape index (κ2) is 5.00. The van der Waals surface area contributed by atoms with Crippen molar-refractivity contribution < 1.29 is 0 Å². The Hall–Kier alpha value is -0.900. The molecule has 4 nitrogen and oxygen atoms in total. The molecule has 0 spiro atoms. The first kappa shape index (κ1) is 12.2. The summed E-state index contributed by atoms with van der Waals surface area (Å²) >= 11 is 0. The van der Waals surface area contributed by atoms with Gasteiger partial charge in [0.05, 0.1) is 0 Å². The van der Waals surface area contributed by atoms with E-state index in [-0.39, 0.29) is 5.41 Å². The third kappa shape index (κ3) is 1.96. The standard InChI is InChI=1S/C14H24N4/c1-2-7-14(8-9-15-10-14)13-17-16-11-18(13)12-5-3-4-6-12/h11-12,15H,2-10H2,1H3. The second-order valence-corrected chi connectivity index (χ2v) is 5.96. The quantitative estimate of drug-likeness (QED) is 0.890. The summed E-state index contributed by atoms with van der Waals surface area (Å²) in [6.07, 6.45) is 11.0. The molecule has 1 aliphatic carbocycles. The molecule has 2 heterocycles. The molecular formula is C14H24N4. The Morgan fingerprint density at radius 3 is 2.94 bits per heavy atom. The van der Waals surface area contributed by atoms with E-state index in [4.69, 9.17) is 0 Å². The molecule has 0 amide bonds. The van der Waals surface area contributed by atoms with Gasteiger partial charge in [-0.3, -0.25) is 0 Å². The van der Waals surface area contributed by atoms with Crippen LogP contribution in [0.5, 0.6) is 0 Å². The van der Waals surface area contributed by atoms with Crippen LogP contribution in [0.4, 0.5) is 0 Å². The molecule has 1 aliphatic heterocycles. The number of nitrogens with one attached hydrogen (secondary N) is 1. The molecule has 0 radical (unpaired) electrons. The van der Waals surface area contributed by atoms with Crippen LogP contribution in [0.3, 0.4) is 0 Å². The fourth-order valence-corrected chi connectivity index (χ4v) is 3.81. The highest BCUT2D eigenvalue weighted by Gasteiger charge is 2.40. The van der Waals surface area contributed by atoms with Gasteiger partial charge in [-0.25, -0.2) is 0 Å². The zero-order valence-electron chi connectivity index (χ0n) is 11.4. The minimum Gasteiger partial charge on any atom is -0.316 e. The first-order chi connectivity index (χ1) is 8.86. The van der Waals surface area contributed by atoms with Gasteiger partial charge < -0.3 is 9.88 Å². The molecule has 100 valence electrons. The summed E-state index contributed by atoms with van der Waals surface area (Å²) in [7, 11) is 0. The van der Waals surface area contributed by atoms with Crippen LogP contribution in [0.2, 0.25) is 0 Å². The molecule has 1 atom stereocenters. The van der Waals surface area contributed by atoms with E-state index in [9.17, 15) is 0 Å². The van der Waals surface area contributed by atoms with Crippen molar-refractivity contribution in [3.63, 3.8) is 0 Å². The van der Waals surface area contributed by atoms with Crippen LogP contribution in [0.15, 0.2) is 6.33 Å². The highest BCUT2D eigenvalue weighted by Crippen LogP contribution is 2.38. The molecule has 2 fully saturated rings. The van der Waals surface area contributed by atoms with E-state index in [0.717, 1.165) is 13.1 Å². The van der Waals surface area contributed by atoms with Crippen molar-refractivity contribution in [2.75, 3.05) is 13.1 Å². The molecule has 1 N–H and O–H groups in total. The van der Waals surface area contributed by atoms with Crippen LogP contribution in [-0.2, 0) is 5.41 Å². The number of aromatic nitrogens is 3. The van der Waals surface area contributed by atoms with Gasteiger partial charge in [-0.2, -0.15) is 0 Å². The first-order valence-corrected chi connectivity index (χ1v) is 7.46. The van der Waals surface area contributed by atoms with Crippen LogP contribution < -0.4 is 5.32 Å². The van der Waals surface area contributed by atoms with Crippen molar-refractivity contribution >= 4 is 0 Å². The minimum absolute atomic E-state index is 0.244. The largest absolute Gasteiger partial charge is 0.316 e. The lowest BCUT2D eigenvalue weighted by atomic mass is 9.81. The van der Waals surface area contributed by atoms with Crippen molar-refractivity contribution in [3.8, 4) is 0 Å². The lowest BCUT2D eigenvalue weighted by Gasteiger charge is -2.29. The molecule has 1 saturated carbocycles. The molecule has 0 aromatic carbocycles. The Morgan fingerprint density at radius 2 is 2.28 bits per heavy atom. The lowest BCUT2D eigenvalue weighted by molar-refractivity contribution is 0.361. The highest BCUT2D eigenvalue weighted by atomic mass is 15.3. The summed E-state index contributed by atoms with van der Waals surface area (Å²) < 4.78 is 2.40. The molecular weight excluding hydrogens is 224 g/mol. The molecule has 2 aliphatic rings. The number of hydrogen-bond acceptors (Lipinski definition) is 3. The zero-order valence-corrected chi connectivity index (χ0v) is 11.4. The Kier molecular flexibility index (Phi) is 3.37. The van der Waals surface area contributed by atoms with Crippen LogP contribution in [-0.4, -0.2) is 27.9 Å².